The molecule has 0 aromatic heterocycles. The Morgan fingerprint density at radius 1 is 1.07 bits per heavy atom. The van der Waals surface area contributed by atoms with Gasteiger partial charge in [-0.15, -0.1) is 17.0 Å². The Bertz CT molecular complexity index is 759. The van der Waals surface area contributed by atoms with Gasteiger partial charge in [-0.1, -0.05) is 34.8 Å². The normalized spacial score (nSPS) is 18.3. The van der Waals surface area contributed by atoms with Gasteiger partial charge in [-0.3, -0.25) is 4.84 Å². The first-order valence-corrected chi connectivity index (χ1v) is 9.52. The van der Waals surface area contributed by atoms with Crippen LogP contribution in [0, 0.1) is 0 Å². The molecule has 2 aliphatic heterocycles. The maximum atomic E-state index is 6.09. The Balaban J connectivity index is 0.00000280. The smallest absolute Gasteiger partial charge is 0.226 e. The van der Waals surface area contributed by atoms with Crippen LogP contribution in [0.25, 0.3) is 0 Å². The number of nitrogens with two attached hydrogens (primary N) is 2. The molecule has 0 bridgehead atoms. The van der Waals surface area contributed by atoms with E-state index in [-0.39, 0.29) is 28.9 Å². The molecule has 1 fully saturated rings. The van der Waals surface area contributed by atoms with Crippen molar-refractivity contribution < 1.29 is 14.3 Å². The van der Waals surface area contributed by atoms with Gasteiger partial charge in [-0.05, 0) is 6.07 Å². The zero-order valence-corrected chi connectivity index (χ0v) is 18.8. The van der Waals surface area contributed by atoms with Gasteiger partial charge in [0.15, 0.2) is 5.66 Å². The van der Waals surface area contributed by atoms with Crippen LogP contribution < -0.4 is 16.2 Å². The van der Waals surface area contributed by atoms with Crippen molar-refractivity contribution in [2.75, 3.05) is 26.4 Å². The maximum absolute atomic E-state index is 6.09. The molecule has 156 valence electrons. The fourth-order valence-electron chi connectivity index (χ4n) is 2.87. The minimum Gasteiger partial charge on any atom is -0.492 e. The highest BCUT2D eigenvalue weighted by atomic mass is 79.9. The van der Waals surface area contributed by atoms with Crippen molar-refractivity contribution >= 4 is 63.7 Å². The molecule has 0 amide bonds. The standard InChI is InChI=1S/C16H20Cl3N5O3.BrH/c17-10-8-12(19)13(9-11(10)18)26-4-1-5-27-24-15(21)22-14(20)23-16(24)2-6-25-7-3-16;/h8-9H,1-7H2,(H4,20,21,22,23);1H. The molecule has 28 heavy (non-hydrogen) atoms. The van der Waals surface area contributed by atoms with Gasteiger partial charge in [-0.25, -0.2) is 4.99 Å². The molecule has 4 N–H and O–H groups in total. The summed E-state index contributed by atoms with van der Waals surface area (Å²) in [5.74, 6) is 0.785. The number of rotatable bonds is 6. The van der Waals surface area contributed by atoms with Gasteiger partial charge in [0.1, 0.15) is 5.75 Å². The summed E-state index contributed by atoms with van der Waals surface area (Å²) in [5.41, 5.74) is 11.1. The van der Waals surface area contributed by atoms with E-state index in [0.29, 0.717) is 66.5 Å². The summed E-state index contributed by atoms with van der Waals surface area (Å²) in [5, 5.41) is 2.67. The molecule has 1 aromatic rings. The highest BCUT2D eigenvalue weighted by Gasteiger charge is 2.43. The van der Waals surface area contributed by atoms with Crippen LogP contribution in [0.1, 0.15) is 19.3 Å². The molecule has 2 aliphatic rings. The second-order valence-corrected chi connectivity index (χ2v) is 7.28. The number of hydrogen-bond acceptors (Lipinski definition) is 8. The minimum absolute atomic E-state index is 0. The lowest BCUT2D eigenvalue weighted by Crippen LogP contribution is -2.59. The summed E-state index contributed by atoms with van der Waals surface area (Å²) in [4.78, 5) is 14.3. The van der Waals surface area contributed by atoms with E-state index in [0.717, 1.165) is 0 Å². The number of halogens is 4. The SMILES string of the molecule is Br.NC1=NC2(CCOCC2)N(OCCCOc2cc(Cl)c(Cl)cc2Cl)C(N)=N1. The molecule has 0 saturated carbocycles. The molecule has 1 saturated heterocycles. The number of nitrogens with zero attached hydrogens (tertiary/aromatic N) is 3. The first kappa shape index (κ1) is 23.3. The zero-order valence-electron chi connectivity index (χ0n) is 14.9. The molecule has 1 spiro atoms. The monoisotopic (exact) mass is 515 g/mol. The number of aliphatic imine (C=N–C) groups is 2. The average Bonchev–Trinajstić information content (AvgIpc) is 2.61. The fraction of sp³-hybridized carbons (Fsp3) is 0.500. The Morgan fingerprint density at radius 2 is 1.75 bits per heavy atom. The van der Waals surface area contributed by atoms with E-state index >= 15 is 0 Å². The number of hydroxylamine groups is 2. The van der Waals surface area contributed by atoms with Crippen LogP contribution in [0.15, 0.2) is 22.1 Å². The maximum Gasteiger partial charge on any atom is 0.226 e. The molecule has 1 aromatic carbocycles. The molecule has 0 radical (unpaired) electrons. The summed E-state index contributed by atoms with van der Waals surface area (Å²) < 4.78 is 11.1. The van der Waals surface area contributed by atoms with Gasteiger partial charge in [0.2, 0.25) is 11.9 Å². The van der Waals surface area contributed by atoms with E-state index in [9.17, 15) is 0 Å². The summed E-state index contributed by atoms with van der Waals surface area (Å²) in [6.45, 7) is 1.79. The molecule has 0 unspecified atom stereocenters. The van der Waals surface area contributed by atoms with Crippen molar-refractivity contribution in [2.45, 2.75) is 24.9 Å². The predicted molar refractivity (Wildman–Crippen MR) is 116 cm³/mol. The molecule has 12 heteroatoms. The van der Waals surface area contributed by atoms with Crippen molar-refractivity contribution in [3.05, 3.63) is 27.2 Å². The van der Waals surface area contributed by atoms with Crippen LogP contribution >= 0.6 is 51.8 Å². The number of hydrogen-bond donors (Lipinski definition) is 2. The van der Waals surface area contributed by atoms with E-state index < -0.39 is 5.66 Å². The third kappa shape index (κ3) is 5.34. The van der Waals surface area contributed by atoms with E-state index in [1.54, 1.807) is 12.1 Å². The Labute approximate surface area is 188 Å². The Morgan fingerprint density at radius 3 is 2.46 bits per heavy atom. The molecule has 0 aliphatic carbocycles. The van der Waals surface area contributed by atoms with Crippen LogP contribution in [-0.4, -0.2) is 49.1 Å². The van der Waals surface area contributed by atoms with Crippen molar-refractivity contribution in [1.82, 2.24) is 5.06 Å². The highest BCUT2D eigenvalue weighted by molar-refractivity contribution is 8.93. The minimum atomic E-state index is -0.679. The topological polar surface area (TPSA) is 108 Å². The van der Waals surface area contributed by atoms with Crippen LogP contribution in [-0.2, 0) is 9.57 Å². The van der Waals surface area contributed by atoms with Gasteiger partial charge < -0.3 is 20.9 Å². The Hall–Kier alpha value is -0.970. The third-order valence-corrected chi connectivity index (χ3v) is 5.19. The lowest BCUT2D eigenvalue weighted by atomic mass is 10.0. The van der Waals surface area contributed by atoms with E-state index in [1.807, 2.05) is 0 Å². The highest BCUT2D eigenvalue weighted by Crippen LogP contribution is 2.34. The first-order chi connectivity index (χ1) is 12.9. The zero-order chi connectivity index (χ0) is 19.4. The molecular formula is C16H21BrCl3N5O3. The number of benzene rings is 1. The van der Waals surface area contributed by atoms with Crippen LogP contribution in [0.5, 0.6) is 5.75 Å². The van der Waals surface area contributed by atoms with Crippen LogP contribution in [0.4, 0.5) is 0 Å². The van der Waals surface area contributed by atoms with Gasteiger partial charge in [-0.2, -0.15) is 10.1 Å². The summed E-state index contributed by atoms with van der Waals surface area (Å²) in [6, 6.07) is 3.12. The van der Waals surface area contributed by atoms with Crippen molar-refractivity contribution in [3.8, 4) is 5.75 Å². The summed E-state index contributed by atoms with van der Waals surface area (Å²) >= 11 is 18.0. The molecule has 8 nitrogen and oxygen atoms in total. The van der Waals surface area contributed by atoms with Crippen molar-refractivity contribution in [3.63, 3.8) is 0 Å². The van der Waals surface area contributed by atoms with Crippen LogP contribution in [0.2, 0.25) is 15.1 Å². The van der Waals surface area contributed by atoms with Gasteiger partial charge in [0.05, 0.1) is 41.5 Å². The van der Waals surface area contributed by atoms with Crippen molar-refractivity contribution in [2.24, 2.45) is 21.5 Å². The molecular weight excluding hydrogens is 496 g/mol. The van der Waals surface area contributed by atoms with E-state index in [4.69, 9.17) is 60.6 Å². The molecule has 2 heterocycles. The largest absolute Gasteiger partial charge is 0.492 e. The van der Waals surface area contributed by atoms with Gasteiger partial charge in [0, 0.05) is 25.3 Å². The average molecular weight is 518 g/mol. The summed E-state index contributed by atoms with van der Waals surface area (Å²) in [7, 11) is 0. The third-order valence-electron chi connectivity index (χ3n) is 4.17. The Kier molecular flexibility index (Phi) is 8.47. The van der Waals surface area contributed by atoms with Gasteiger partial charge in [0.25, 0.3) is 0 Å². The molecule has 0 atom stereocenters. The van der Waals surface area contributed by atoms with E-state index in [2.05, 4.69) is 9.98 Å². The van der Waals surface area contributed by atoms with Crippen molar-refractivity contribution in [1.29, 1.82) is 0 Å². The fourth-order valence-corrected chi connectivity index (χ4v) is 3.46. The van der Waals surface area contributed by atoms with E-state index in [1.165, 1.54) is 5.06 Å². The predicted octanol–water partition coefficient (Wildman–Crippen LogP) is 3.38. The van der Waals surface area contributed by atoms with Crippen LogP contribution in [0.3, 0.4) is 0 Å². The number of ether oxygens (including phenoxy) is 2. The number of guanidine groups is 2. The second-order valence-electron chi connectivity index (χ2n) is 6.06. The lowest BCUT2D eigenvalue weighted by Gasteiger charge is -2.43. The first-order valence-electron chi connectivity index (χ1n) is 8.39. The lowest BCUT2D eigenvalue weighted by molar-refractivity contribution is -0.190. The van der Waals surface area contributed by atoms with Gasteiger partial charge >= 0.3 is 0 Å². The second kappa shape index (κ2) is 10.2. The summed E-state index contributed by atoms with van der Waals surface area (Å²) in [6.07, 6.45) is 1.80. The quantitative estimate of drug-likeness (QED) is 0.443. The molecule has 3 rings (SSSR count).